The van der Waals surface area contributed by atoms with Crippen LogP contribution in [0.25, 0.3) is 21.8 Å². The number of aliphatic carboxylic acids is 2. The minimum atomic E-state index is -1.92. The van der Waals surface area contributed by atoms with Gasteiger partial charge in [0.1, 0.15) is 84.8 Å². The number of hydrogen-bond acceptors (Lipinski definition) is 24. The predicted molar refractivity (Wildman–Crippen MR) is 525 cm³/mol. The highest BCUT2D eigenvalue weighted by Gasteiger charge is 2.40. The van der Waals surface area contributed by atoms with Gasteiger partial charge in [-0.15, -0.1) is 0 Å². The molecule has 0 radical (unpaired) electrons. The van der Waals surface area contributed by atoms with Gasteiger partial charge in [0.25, 0.3) is 0 Å². The first-order chi connectivity index (χ1) is 68.0. The van der Waals surface area contributed by atoms with Crippen LogP contribution in [0.5, 0.6) is 5.75 Å². The number of phenolic OH excluding ortho intramolecular Hbond substituents is 1. The Labute approximate surface area is 824 Å². The molecule has 15 amide bonds. The fourth-order valence-corrected chi connectivity index (χ4v) is 15.4. The number of rotatable bonds is 61. The summed E-state index contributed by atoms with van der Waals surface area (Å²) in [5, 5.41) is 101. The smallest absolute Gasteiger partial charge is 0.322 e. The number of carboxylic acids is 2. The fraction of sp³-hybridized carbons (Fsp3) is 0.474. The summed E-state index contributed by atoms with van der Waals surface area (Å²) < 4.78 is 0. The predicted octanol–water partition coefficient (Wildman–Crippen LogP) is -3.57. The van der Waals surface area contributed by atoms with E-state index in [1.54, 1.807) is 86.9 Å². The van der Waals surface area contributed by atoms with E-state index in [1.807, 2.05) is 32.0 Å². The van der Waals surface area contributed by atoms with E-state index in [0.29, 0.717) is 39.6 Å². The molecule has 0 unspecified atom stereocenters. The number of aliphatic hydroxyl groups excluding tert-OH is 1. The zero-order valence-electron chi connectivity index (χ0n) is 80.8. The number of imidazole rings is 1. The number of unbranched alkanes of at least 4 members (excludes halogenated alkanes) is 1. The van der Waals surface area contributed by atoms with Gasteiger partial charge in [-0.05, 0) is 136 Å². The van der Waals surface area contributed by atoms with Crippen LogP contribution in [0.2, 0.25) is 0 Å². The number of carboxylic acid groups (broad SMARTS) is 2. The van der Waals surface area contributed by atoms with E-state index in [9.17, 15) is 92.3 Å². The molecule has 0 aliphatic rings. The monoisotopic (exact) mass is 1990 g/mol. The molecule has 776 valence electrons. The number of phenols is 1. The molecule has 3 aromatic heterocycles. The number of aromatic amines is 3. The summed E-state index contributed by atoms with van der Waals surface area (Å²) in [6.45, 7) is 8.69. The van der Waals surface area contributed by atoms with E-state index < -0.39 is 241 Å². The zero-order valence-corrected chi connectivity index (χ0v) is 80.8. The van der Waals surface area contributed by atoms with Crippen LogP contribution in [0.4, 0.5) is 0 Å². The first kappa shape index (κ1) is 114. The number of aromatic nitrogens is 4. The van der Waals surface area contributed by atoms with Gasteiger partial charge in [0.05, 0.1) is 31.6 Å². The van der Waals surface area contributed by atoms with Crippen LogP contribution in [0, 0.1) is 28.6 Å². The lowest BCUT2D eigenvalue weighted by Crippen LogP contribution is -2.62. The summed E-state index contributed by atoms with van der Waals surface area (Å²) in [4.78, 5) is 253. The summed E-state index contributed by atoms with van der Waals surface area (Å²) in [5.74, 6) is -19.7. The third-order valence-corrected chi connectivity index (χ3v) is 23.0. The van der Waals surface area contributed by atoms with Crippen LogP contribution < -0.4 is 113 Å². The minimum absolute atomic E-state index is 0.000477. The van der Waals surface area contributed by atoms with Crippen molar-refractivity contribution in [2.75, 3.05) is 39.3 Å². The van der Waals surface area contributed by atoms with Crippen LogP contribution in [0.3, 0.4) is 0 Å². The summed E-state index contributed by atoms with van der Waals surface area (Å²) in [7, 11) is 0. The fourth-order valence-electron chi connectivity index (χ4n) is 15.4. The standard InChI is InChI=1S/C95H135N27O21/c1-50(2)37-62(97)81(131)117-72(41-57-44-106-64-24-14-12-22-61(57)64)89(139)119-70(38-54-19-9-8-10-20-54)90(140)122-80(53(7)123)93(143)116-68(32-33-76(127)128)86(136)121-79(52(5)6)92(142)115-65(26-17-35-103-94(98)99)82(132)107-46-75(126)112-73(42-58-45-102-49-110-58)83(133)108-47-74(125)111-71(40-56-43-105-63-23-13-11-21-60(56)63)88(138)114-67(27-18-36-104-95(100)101)84(134)118-69(39-55-28-30-59(124)31-29-55)87(137)113-66(25-15-16-34-96)85(135)120-78(51(3)4)91(141)109-48-77(129)130/h8-14,19-24,28-31,43-45,49-53,62,65-73,78-80,105-106,123-124H,15-18,25-27,32-42,46-48,96-97H2,1-7H3,(H,102,110)(H,107,132)(H,108,133)(H,109,141)(H,111,125)(H,112,126)(H,113,137)(H,114,138)(H,115,142)(H,116,143)(H,117,131)(H,118,134)(H,119,139)(H,120,135)(H,121,136)(H,122,140)(H,127,128)(H,129,130)(H4,98,99,103)(H4,100,101,104)/t53-,62+,65+,66+,67+,68+,69+,70+,71+,72+,73+,78+,79+,80+/m1/s1. The van der Waals surface area contributed by atoms with E-state index in [0.717, 1.165) is 17.8 Å². The Bertz CT molecular complexity index is 5500. The van der Waals surface area contributed by atoms with Gasteiger partial charge < -0.3 is 149 Å². The van der Waals surface area contributed by atoms with Gasteiger partial charge >= 0.3 is 11.9 Å². The summed E-state index contributed by atoms with van der Waals surface area (Å²) in [6, 6.07) is 8.48. The van der Waals surface area contributed by atoms with E-state index in [2.05, 4.69) is 110 Å². The molecule has 0 spiro atoms. The van der Waals surface area contributed by atoms with Crippen LogP contribution in [0.1, 0.15) is 141 Å². The Balaban J connectivity index is 1.06. The average molecular weight is 1990 g/mol. The third-order valence-electron chi connectivity index (χ3n) is 23.0. The van der Waals surface area contributed by atoms with Crippen molar-refractivity contribution < 1.29 is 102 Å². The second-order valence-electron chi connectivity index (χ2n) is 35.8. The molecule has 14 atom stereocenters. The maximum atomic E-state index is 15.1. The maximum Gasteiger partial charge on any atom is 0.322 e. The molecule has 0 saturated carbocycles. The van der Waals surface area contributed by atoms with E-state index in [-0.39, 0.29) is 114 Å². The Morgan fingerprint density at radius 1 is 0.385 bits per heavy atom. The van der Waals surface area contributed by atoms with Gasteiger partial charge in [0.15, 0.2) is 11.9 Å². The van der Waals surface area contributed by atoms with E-state index >= 15 is 9.59 Å². The van der Waals surface area contributed by atoms with Crippen LogP contribution >= 0.6 is 0 Å². The van der Waals surface area contributed by atoms with Gasteiger partial charge in [0.2, 0.25) is 88.6 Å². The number of amides is 15. The number of aliphatic hydroxyl groups is 1. The number of benzene rings is 4. The number of carbonyl (C=O) groups excluding carboxylic acids is 15. The number of para-hydroxylation sites is 2. The molecular weight excluding hydrogens is 1860 g/mol. The number of H-pyrrole nitrogens is 3. The Morgan fingerprint density at radius 3 is 1.23 bits per heavy atom. The normalized spacial score (nSPS) is 14.2. The van der Waals surface area contributed by atoms with Gasteiger partial charge in [0, 0.05) is 97.7 Å². The van der Waals surface area contributed by atoms with Crippen LogP contribution in [0.15, 0.2) is 128 Å². The van der Waals surface area contributed by atoms with Gasteiger partial charge in [-0.1, -0.05) is 120 Å². The van der Waals surface area contributed by atoms with Crippen molar-refractivity contribution in [3.8, 4) is 5.75 Å². The first-order valence-corrected chi connectivity index (χ1v) is 47.1. The molecule has 0 aliphatic heterocycles. The largest absolute Gasteiger partial charge is 0.508 e. The molecule has 34 N–H and O–H groups in total. The number of hydrogen-bond donors (Lipinski definition) is 30. The molecular formula is C95H135N27O21. The molecule has 0 bridgehead atoms. The van der Waals surface area contributed by atoms with Crippen LogP contribution in [-0.4, -0.2) is 277 Å². The lowest BCUT2D eigenvalue weighted by molar-refractivity contribution is -0.139. The topological polar surface area (TPSA) is 788 Å². The zero-order chi connectivity index (χ0) is 105. The first-order valence-electron chi connectivity index (χ1n) is 47.1. The Kier molecular flexibility index (Phi) is 46.2. The molecule has 7 rings (SSSR count). The van der Waals surface area contributed by atoms with Crippen molar-refractivity contribution in [1.29, 1.82) is 10.8 Å². The third kappa shape index (κ3) is 38.8. The van der Waals surface area contributed by atoms with Crippen molar-refractivity contribution in [3.05, 3.63) is 156 Å². The molecule has 48 nitrogen and oxygen atoms in total. The molecule has 3 heterocycles. The highest BCUT2D eigenvalue weighted by molar-refractivity contribution is 6.01. The number of carbonyl (C=O) groups is 17. The lowest BCUT2D eigenvalue weighted by Gasteiger charge is -2.29. The minimum Gasteiger partial charge on any atom is -0.508 e. The SMILES string of the molecule is CC(C)C[C@H](N)C(=O)N[C@@H](Cc1c[nH]c2ccccc12)C(=O)N[C@@H](Cc1ccccc1)C(=O)N[C@H](C(=O)N[C@@H](CCC(=O)O)C(=O)N[C@H](C(=O)N[C@@H](CCCNC(=N)N)C(=O)NCC(=O)N[C@@H](Cc1cnc[nH]1)C(=O)NCC(=O)N[C@@H](Cc1c[nH]c2ccccc12)C(=O)N[C@@H](CCCNC(=N)N)C(=O)N[C@@H](Cc1ccc(O)cc1)C(=O)N[C@@H](CCCCN)C(=O)N[C@H](C(=O)NCC(=O)O)C(C)C)C(C)C)[C@@H](C)O. The highest BCUT2D eigenvalue weighted by atomic mass is 16.4. The molecule has 4 aromatic carbocycles. The van der Waals surface area contributed by atoms with Crippen molar-refractivity contribution in [2.24, 2.45) is 40.7 Å². The molecule has 0 fully saturated rings. The van der Waals surface area contributed by atoms with Crippen molar-refractivity contribution in [1.82, 2.24) is 110 Å². The van der Waals surface area contributed by atoms with Gasteiger partial charge in [-0.3, -0.25) is 92.3 Å². The second kappa shape index (κ2) is 57.8. The summed E-state index contributed by atoms with van der Waals surface area (Å²) in [5.41, 5.74) is 26.9. The number of fused-ring (bicyclic) bond motifs is 2. The summed E-state index contributed by atoms with van der Waals surface area (Å²) >= 11 is 0. The number of nitrogens with two attached hydrogens (primary N) is 4. The molecule has 7 aromatic rings. The van der Waals surface area contributed by atoms with E-state index in [4.69, 9.17) is 33.8 Å². The number of aromatic hydroxyl groups is 1. The number of nitrogens with one attached hydrogen (secondary N) is 22. The molecule has 48 heteroatoms. The van der Waals surface area contributed by atoms with Gasteiger partial charge in [-0.2, -0.15) is 0 Å². The highest BCUT2D eigenvalue weighted by Crippen LogP contribution is 2.24. The van der Waals surface area contributed by atoms with Gasteiger partial charge in [-0.25, -0.2) is 4.98 Å². The quantitative estimate of drug-likeness (QED) is 0.00996. The molecule has 0 saturated heterocycles. The summed E-state index contributed by atoms with van der Waals surface area (Å²) in [6.07, 6.45) is 2.04. The average Bonchev–Trinajstić information content (AvgIpc) is 1.25. The van der Waals surface area contributed by atoms with Crippen LogP contribution in [-0.2, 0) is 114 Å². The Morgan fingerprint density at radius 2 is 0.769 bits per heavy atom. The van der Waals surface area contributed by atoms with Crippen molar-refractivity contribution >= 4 is 134 Å². The molecule has 143 heavy (non-hydrogen) atoms. The number of nitrogens with zero attached hydrogens (tertiary/aromatic N) is 1. The Hall–Kier alpha value is -15.6. The lowest BCUT2D eigenvalue weighted by atomic mass is 10.00. The second-order valence-corrected chi connectivity index (χ2v) is 35.8. The van der Waals surface area contributed by atoms with E-state index in [1.165, 1.54) is 50.6 Å². The number of guanidine groups is 2. The maximum absolute atomic E-state index is 15.1. The van der Waals surface area contributed by atoms with Crippen molar-refractivity contribution in [2.45, 2.75) is 229 Å². The van der Waals surface area contributed by atoms with Crippen molar-refractivity contribution in [3.63, 3.8) is 0 Å². The molecule has 0 aliphatic carbocycles.